The van der Waals surface area contributed by atoms with E-state index in [1.807, 2.05) is 60.8 Å². The number of nitrogens with one attached hydrogen (secondary N) is 1. The van der Waals surface area contributed by atoms with Crippen molar-refractivity contribution in [2.75, 3.05) is 12.3 Å². The first-order valence-electron chi connectivity index (χ1n) is 10.1. The summed E-state index contributed by atoms with van der Waals surface area (Å²) in [5.74, 6) is 0.146. The van der Waals surface area contributed by atoms with E-state index >= 15 is 0 Å². The monoisotopic (exact) mass is 449 g/mol. The molecule has 2 aromatic carbocycles. The molecule has 4 aromatic rings. The van der Waals surface area contributed by atoms with Gasteiger partial charge in [-0.05, 0) is 54.5 Å². The van der Waals surface area contributed by atoms with Gasteiger partial charge in [0.2, 0.25) is 5.91 Å². The third-order valence-corrected chi connectivity index (χ3v) is 6.68. The van der Waals surface area contributed by atoms with Gasteiger partial charge in [0.25, 0.3) is 5.56 Å². The van der Waals surface area contributed by atoms with Crippen LogP contribution >= 0.6 is 23.1 Å². The third kappa shape index (κ3) is 5.24. The molecule has 0 atom stereocenters. The molecule has 0 fully saturated rings. The Balaban J connectivity index is 1.44. The summed E-state index contributed by atoms with van der Waals surface area (Å²) in [5, 5.41) is 5.36. The Labute approximate surface area is 189 Å². The summed E-state index contributed by atoms with van der Waals surface area (Å²) in [5.41, 5.74) is 3.66. The molecule has 0 aliphatic rings. The van der Waals surface area contributed by atoms with Crippen LogP contribution in [0.15, 0.2) is 76.0 Å². The van der Waals surface area contributed by atoms with Crippen LogP contribution in [0, 0.1) is 6.92 Å². The molecule has 2 heterocycles. The first kappa shape index (κ1) is 21.3. The zero-order valence-electron chi connectivity index (χ0n) is 17.2. The second-order valence-corrected chi connectivity index (χ2v) is 9.10. The van der Waals surface area contributed by atoms with E-state index in [-0.39, 0.29) is 17.2 Å². The molecular formula is C24H23N3O2S2. The average molecular weight is 450 g/mol. The number of benzene rings is 2. The minimum Gasteiger partial charge on any atom is -0.355 e. The Morgan fingerprint density at radius 1 is 1.13 bits per heavy atom. The van der Waals surface area contributed by atoms with Crippen molar-refractivity contribution in [2.24, 2.45) is 0 Å². The molecule has 1 N–H and O–H groups in total. The third-order valence-electron chi connectivity index (χ3n) is 4.85. The van der Waals surface area contributed by atoms with Crippen molar-refractivity contribution in [3.05, 3.63) is 87.5 Å². The van der Waals surface area contributed by atoms with E-state index in [2.05, 4.69) is 22.4 Å². The number of nitrogens with zero attached hydrogens (tertiary/aromatic N) is 2. The van der Waals surface area contributed by atoms with E-state index in [0.29, 0.717) is 21.9 Å². The van der Waals surface area contributed by atoms with Crippen LogP contribution in [0.1, 0.15) is 17.5 Å². The molecule has 4 rings (SSSR count). The van der Waals surface area contributed by atoms with Crippen LogP contribution in [0.2, 0.25) is 0 Å². The van der Waals surface area contributed by atoms with Gasteiger partial charge in [-0.25, -0.2) is 4.98 Å². The smallest absolute Gasteiger partial charge is 0.276 e. The van der Waals surface area contributed by atoms with Gasteiger partial charge in [0.1, 0.15) is 4.70 Å². The summed E-state index contributed by atoms with van der Waals surface area (Å²) in [6, 6.07) is 19.8. The molecule has 0 radical (unpaired) electrons. The molecular weight excluding hydrogens is 426 g/mol. The number of hydrogen-bond donors (Lipinski definition) is 1. The van der Waals surface area contributed by atoms with Crippen LogP contribution in [0.4, 0.5) is 0 Å². The van der Waals surface area contributed by atoms with Gasteiger partial charge in [-0.3, -0.25) is 14.2 Å². The van der Waals surface area contributed by atoms with Crippen LogP contribution in [0.3, 0.4) is 0 Å². The number of hydrogen-bond acceptors (Lipinski definition) is 5. The molecule has 7 heteroatoms. The summed E-state index contributed by atoms with van der Waals surface area (Å²) in [7, 11) is 0. The number of carbonyl (C=O) groups is 1. The lowest BCUT2D eigenvalue weighted by Crippen LogP contribution is -2.27. The summed E-state index contributed by atoms with van der Waals surface area (Å²) in [6.07, 6.45) is 1.81. The van der Waals surface area contributed by atoms with E-state index in [0.717, 1.165) is 24.1 Å². The van der Waals surface area contributed by atoms with Gasteiger partial charge in [0.15, 0.2) is 5.16 Å². The van der Waals surface area contributed by atoms with Crippen molar-refractivity contribution < 1.29 is 4.79 Å². The topological polar surface area (TPSA) is 64.0 Å². The van der Waals surface area contributed by atoms with Gasteiger partial charge >= 0.3 is 0 Å². The summed E-state index contributed by atoms with van der Waals surface area (Å²) in [4.78, 5) is 30.2. The van der Waals surface area contributed by atoms with E-state index in [1.165, 1.54) is 28.7 Å². The number of amides is 1. The highest BCUT2D eigenvalue weighted by molar-refractivity contribution is 7.99. The number of aromatic nitrogens is 2. The molecule has 31 heavy (non-hydrogen) atoms. The fourth-order valence-electron chi connectivity index (χ4n) is 3.33. The molecule has 0 bridgehead atoms. The minimum absolute atomic E-state index is 0.0616. The van der Waals surface area contributed by atoms with Gasteiger partial charge < -0.3 is 5.32 Å². The molecule has 158 valence electrons. The maximum atomic E-state index is 13.1. The summed E-state index contributed by atoms with van der Waals surface area (Å²) >= 11 is 2.67. The highest BCUT2D eigenvalue weighted by Gasteiger charge is 2.15. The Morgan fingerprint density at radius 3 is 2.77 bits per heavy atom. The van der Waals surface area contributed by atoms with E-state index in [1.54, 1.807) is 4.57 Å². The van der Waals surface area contributed by atoms with E-state index in [4.69, 9.17) is 0 Å². The molecule has 0 saturated heterocycles. The molecule has 2 aromatic heterocycles. The minimum atomic E-state index is -0.101. The first-order valence-corrected chi connectivity index (χ1v) is 12.0. The highest BCUT2D eigenvalue weighted by atomic mass is 32.2. The van der Waals surface area contributed by atoms with Crippen molar-refractivity contribution in [1.29, 1.82) is 0 Å². The second kappa shape index (κ2) is 9.94. The van der Waals surface area contributed by atoms with Crippen LogP contribution in [-0.2, 0) is 11.2 Å². The Hall–Kier alpha value is -2.90. The number of thiophene rings is 1. The summed E-state index contributed by atoms with van der Waals surface area (Å²) < 4.78 is 2.23. The zero-order valence-corrected chi connectivity index (χ0v) is 18.8. The maximum Gasteiger partial charge on any atom is 0.276 e. The summed E-state index contributed by atoms with van der Waals surface area (Å²) in [6.45, 7) is 2.61. The SMILES string of the molecule is Cc1cccc(-n2c(SCC(=O)NCCCc3ccccc3)nc3ccsc3c2=O)c1. The van der Waals surface area contributed by atoms with E-state index < -0.39 is 0 Å². The molecule has 5 nitrogen and oxygen atoms in total. The van der Waals surface area contributed by atoms with Crippen molar-refractivity contribution in [3.63, 3.8) is 0 Å². The predicted molar refractivity (Wildman–Crippen MR) is 128 cm³/mol. The number of fused-ring (bicyclic) bond motifs is 1. The lowest BCUT2D eigenvalue weighted by molar-refractivity contribution is -0.118. The number of thioether (sulfide) groups is 1. The van der Waals surface area contributed by atoms with Gasteiger partial charge in [-0.1, -0.05) is 54.2 Å². The number of carbonyl (C=O) groups excluding carboxylic acids is 1. The lowest BCUT2D eigenvalue weighted by Gasteiger charge is -2.12. The lowest BCUT2D eigenvalue weighted by atomic mass is 10.1. The van der Waals surface area contributed by atoms with Crippen molar-refractivity contribution in [1.82, 2.24) is 14.9 Å². The second-order valence-electron chi connectivity index (χ2n) is 7.24. The average Bonchev–Trinajstić information content (AvgIpc) is 3.25. The fourth-order valence-corrected chi connectivity index (χ4v) is 4.93. The normalized spacial score (nSPS) is 11.0. The van der Waals surface area contributed by atoms with Gasteiger partial charge in [-0.2, -0.15) is 0 Å². The molecule has 0 aliphatic heterocycles. The maximum absolute atomic E-state index is 13.1. The Bertz CT molecular complexity index is 1250. The van der Waals surface area contributed by atoms with Crippen molar-refractivity contribution >= 4 is 39.2 Å². The van der Waals surface area contributed by atoms with Gasteiger partial charge in [0, 0.05) is 6.54 Å². The molecule has 0 saturated carbocycles. The largest absolute Gasteiger partial charge is 0.355 e. The standard InChI is InChI=1S/C24H23N3O2S2/c1-17-7-5-11-19(15-17)27-23(29)22-20(12-14-30-22)26-24(27)31-16-21(28)25-13-6-10-18-8-3-2-4-9-18/h2-5,7-9,11-12,14-15H,6,10,13,16H2,1H3,(H,25,28). The Kier molecular flexibility index (Phi) is 6.84. The Morgan fingerprint density at radius 2 is 1.97 bits per heavy atom. The predicted octanol–water partition coefficient (Wildman–Crippen LogP) is 4.60. The number of aryl methyl sites for hydroxylation is 2. The van der Waals surface area contributed by atoms with Crippen LogP contribution in [-0.4, -0.2) is 27.8 Å². The molecule has 0 unspecified atom stereocenters. The van der Waals surface area contributed by atoms with Crippen LogP contribution in [0.25, 0.3) is 15.9 Å². The van der Waals surface area contributed by atoms with Crippen LogP contribution in [0.5, 0.6) is 0 Å². The van der Waals surface area contributed by atoms with Gasteiger partial charge in [-0.15, -0.1) is 11.3 Å². The fraction of sp³-hybridized carbons (Fsp3) is 0.208. The van der Waals surface area contributed by atoms with E-state index in [9.17, 15) is 9.59 Å². The zero-order chi connectivity index (χ0) is 21.6. The van der Waals surface area contributed by atoms with Crippen molar-refractivity contribution in [3.8, 4) is 5.69 Å². The molecule has 0 aliphatic carbocycles. The molecule has 0 spiro atoms. The molecule has 1 amide bonds. The number of rotatable bonds is 8. The highest BCUT2D eigenvalue weighted by Crippen LogP contribution is 2.24. The van der Waals surface area contributed by atoms with Crippen LogP contribution < -0.4 is 10.9 Å². The quantitative estimate of drug-likeness (QED) is 0.243. The van der Waals surface area contributed by atoms with Gasteiger partial charge in [0.05, 0.1) is 17.0 Å². The first-order chi connectivity index (χ1) is 15.1. The van der Waals surface area contributed by atoms with Crippen molar-refractivity contribution in [2.45, 2.75) is 24.9 Å².